The minimum absolute atomic E-state index is 0.956. The Morgan fingerprint density at radius 3 is 1.09 bits per heavy atom. The van der Waals surface area contributed by atoms with E-state index in [4.69, 9.17) is 0 Å². The Morgan fingerprint density at radius 2 is 0.614 bits per heavy atom. The topological polar surface area (TPSA) is 14.7 Å². The van der Waals surface area contributed by atoms with Gasteiger partial charge in [-0.2, -0.15) is 0 Å². The van der Waals surface area contributed by atoms with Crippen LogP contribution in [0, 0.1) is 0 Å². The standard InChI is InChI=1S/C84H62N4/c1-3-27-68(4-2)88-82-45-24-23-42-80(82)81-59-66(50-55-83(81)88)79-44-26-43-78(65-32-25-41-75(56-65)85(73-51-46-63(47-52-73)61-28-11-5-12-29-61)74-53-48-64(49-54-74)62-30-13-6-14-31-62)84(79)67-57-76(86(69-33-15-7-16-34-69)70-35-17-8-18-36-70)60-77(58-67)87(71-37-19-9-20-38-71)72-39-21-10-22-40-72/h3-60H,1-2H2/b68-27+. The van der Waals surface area contributed by atoms with Gasteiger partial charge in [0.1, 0.15) is 0 Å². The monoisotopic (exact) mass is 1130 g/mol. The van der Waals surface area contributed by atoms with Crippen LogP contribution in [0.4, 0.5) is 51.2 Å². The van der Waals surface area contributed by atoms with Crippen LogP contribution in [0.25, 0.3) is 83.1 Å². The van der Waals surface area contributed by atoms with E-state index in [0.29, 0.717) is 0 Å². The van der Waals surface area contributed by atoms with Crippen LogP contribution in [-0.4, -0.2) is 4.57 Å². The molecule has 4 heteroatoms. The maximum Gasteiger partial charge on any atom is 0.0541 e. The van der Waals surface area contributed by atoms with Crippen LogP contribution in [0.1, 0.15) is 0 Å². The summed E-state index contributed by atoms with van der Waals surface area (Å²) in [6, 6.07) is 121. The van der Waals surface area contributed by atoms with Gasteiger partial charge in [0.15, 0.2) is 0 Å². The molecule has 0 bridgehead atoms. The molecule has 1 heterocycles. The van der Waals surface area contributed by atoms with Crippen molar-refractivity contribution >= 4 is 78.7 Å². The van der Waals surface area contributed by atoms with Crippen LogP contribution in [0.3, 0.4) is 0 Å². The van der Waals surface area contributed by atoms with E-state index in [1.165, 1.54) is 11.1 Å². The van der Waals surface area contributed by atoms with Crippen LogP contribution in [0.15, 0.2) is 365 Å². The van der Waals surface area contributed by atoms with Crippen molar-refractivity contribution in [2.75, 3.05) is 14.7 Å². The van der Waals surface area contributed by atoms with Crippen molar-refractivity contribution in [3.63, 3.8) is 0 Å². The second-order valence-electron chi connectivity index (χ2n) is 21.8. The number of allylic oxidation sites excluding steroid dienone is 4. The Hall–Kier alpha value is -11.7. The van der Waals surface area contributed by atoms with Gasteiger partial charge in [-0.05, 0) is 189 Å². The van der Waals surface area contributed by atoms with Crippen molar-refractivity contribution in [2.24, 2.45) is 0 Å². The first kappa shape index (κ1) is 54.2. The van der Waals surface area contributed by atoms with E-state index >= 15 is 0 Å². The molecule has 0 spiro atoms. The Labute approximate surface area is 515 Å². The zero-order valence-corrected chi connectivity index (χ0v) is 48.7. The zero-order valence-electron chi connectivity index (χ0n) is 48.7. The van der Waals surface area contributed by atoms with Crippen molar-refractivity contribution in [1.29, 1.82) is 0 Å². The number of aromatic nitrogens is 1. The fourth-order valence-electron chi connectivity index (χ4n) is 12.4. The lowest BCUT2D eigenvalue weighted by atomic mass is 9.86. The molecule has 0 aliphatic carbocycles. The SMILES string of the molecule is C=C/C=C(\C=C)n1c2ccccc2c2cc(-c3cccc(-c4cccc(N(c5ccc(-c6ccccc6)cc5)c5ccc(-c6ccccc6)cc5)c4)c3-c3cc(N(c4ccccc4)c4ccccc4)cc(N(c4ccccc4)c4ccccc4)c3)ccc21. The fourth-order valence-corrected chi connectivity index (χ4v) is 12.4. The lowest BCUT2D eigenvalue weighted by molar-refractivity contribution is 1.24. The molecule has 418 valence electrons. The summed E-state index contributed by atoms with van der Waals surface area (Å²) in [5, 5.41) is 2.30. The summed E-state index contributed by atoms with van der Waals surface area (Å²) in [4.78, 5) is 7.14. The van der Waals surface area contributed by atoms with Crippen molar-refractivity contribution < 1.29 is 0 Å². The summed E-state index contributed by atoms with van der Waals surface area (Å²) in [5.41, 5.74) is 23.6. The Kier molecular flexibility index (Phi) is 15.1. The van der Waals surface area contributed by atoms with Crippen LogP contribution in [0.5, 0.6) is 0 Å². The van der Waals surface area contributed by atoms with Crippen molar-refractivity contribution in [3.8, 4) is 55.6 Å². The van der Waals surface area contributed by atoms with Crippen LogP contribution < -0.4 is 14.7 Å². The highest BCUT2D eigenvalue weighted by Gasteiger charge is 2.24. The molecule has 13 aromatic carbocycles. The van der Waals surface area contributed by atoms with E-state index in [1.54, 1.807) is 0 Å². The first-order valence-corrected chi connectivity index (χ1v) is 29.9. The van der Waals surface area contributed by atoms with E-state index in [2.05, 4.69) is 366 Å². The van der Waals surface area contributed by atoms with E-state index in [1.807, 2.05) is 18.2 Å². The molecule has 0 radical (unpaired) electrons. The average molecular weight is 1130 g/mol. The quantitative estimate of drug-likeness (QED) is 0.0845. The van der Waals surface area contributed by atoms with E-state index in [-0.39, 0.29) is 0 Å². The minimum atomic E-state index is 0.956. The summed E-state index contributed by atoms with van der Waals surface area (Å²) in [7, 11) is 0. The normalized spacial score (nSPS) is 11.3. The first-order chi connectivity index (χ1) is 43.6. The van der Waals surface area contributed by atoms with E-state index < -0.39 is 0 Å². The number of fused-ring (bicyclic) bond motifs is 3. The molecular formula is C84H62N4. The predicted molar refractivity (Wildman–Crippen MR) is 375 cm³/mol. The molecule has 0 aliphatic heterocycles. The summed E-state index contributed by atoms with van der Waals surface area (Å²) in [5.74, 6) is 0. The summed E-state index contributed by atoms with van der Waals surface area (Å²) >= 11 is 0. The second-order valence-corrected chi connectivity index (χ2v) is 21.8. The van der Waals surface area contributed by atoms with Gasteiger partial charge in [-0.25, -0.2) is 0 Å². The third kappa shape index (κ3) is 10.7. The van der Waals surface area contributed by atoms with Gasteiger partial charge in [-0.3, -0.25) is 0 Å². The smallest absolute Gasteiger partial charge is 0.0541 e. The summed E-state index contributed by atoms with van der Waals surface area (Å²) in [6.07, 6.45) is 5.76. The van der Waals surface area contributed by atoms with E-state index in [0.717, 1.165) is 123 Å². The molecule has 14 aromatic rings. The highest BCUT2D eigenvalue weighted by Crippen LogP contribution is 2.49. The van der Waals surface area contributed by atoms with Gasteiger partial charge in [-0.15, -0.1) is 0 Å². The Balaban J connectivity index is 1.03. The summed E-state index contributed by atoms with van der Waals surface area (Å²) in [6.45, 7) is 8.32. The van der Waals surface area contributed by atoms with Gasteiger partial charge in [0, 0.05) is 67.7 Å². The van der Waals surface area contributed by atoms with Crippen LogP contribution in [-0.2, 0) is 0 Å². The molecule has 14 rings (SSSR count). The molecule has 0 saturated heterocycles. The highest BCUT2D eigenvalue weighted by atomic mass is 15.2. The third-order valence-electron chi connectivity index (χ3n) is 16.4. The third-order valence-corrected chi connectivity index (χ3v) is 16.4. The lowest BCUT2D eigenvalue weighted by Gasteiger charge is -2.31. The molecule has 0 fully saturated rings. The van der Waals surface area contributed by atoms with Gasteiger partial charge < -0.3 is 19.3 Å². The molecule has 4 nitrogen and oxygen atoms in total. The lowest BCUT2D eigenvalue weighted by Crippen LogP contribution is -2.13. The molecular weight excluding hydrogens is 1060 g/mol. The fraction of sp³-hybridized carbons (Fsp3) is 0. The number of hydrogen-bond donors (Lipinski definition) is 0. The molecule has 0 amide bonds. The molecule has 0 atom stereocenters. The maximum absolute atomic E-state index is 4.25. The minimum Gasteiger partial charge on any atom is -0.310 e. The molecule has 0 aliphatic rings. The second kappa shape index (κ2) is 24.5. The molecule has 0 unspecified atom stereocenters. The average Bonchev–Trinajstić information content (AvgIpc) is 1.62. The number of anilines is 9. The highest BCUT2D eigenvalue weighted by molar-refractivity contribution is 6.12. The number of benzene rings is 13. The number of para-hydroxylation sites is 5. The Morgan fingerprint density at radius 1 is 0.261 bits per heavy atom. The van der Waals surface area contributed by atoms with E-state index in [9.17, 15) is 0 Å². The Bertz CT molecular complexity index is 4520. The van der Waals surface area contributed by atoms with Crippen LogP contribution >= 0.6 is 0 Å². The van der Waals surface area contributed by atoms with Gasteiger partial charge in [-0.1, -0.05) is 232 Å². The number of hydrogen-bond acceptors (Lipinski definition) is 3. The maximum atomic E-state index is 4.25. The zero-order chi connectivity index (χ0) is 59.2. The number of nitrogens with zero attached hydrogens (tertiary/aromatic N) is 4. The molecule has 1 aromatic heterocycles. The van der Waals surface area contributed by atoms with Gasteiger partial charge >= 0.3 is 0 Å². The largest absolute Gasteiger partial charge is 0.310 e. The molecule has 0 N–H and O–H groups in total. The van der Waals surface area contributed by atoms with Crippen molar-refractivity contribution in [2.45, 2.75) is 0 Å². The number of rotatable bonds is 17. The molecule has 0 saturated carbocycles. The van der Waals surface area contributed by atoms with Gasteiger partial charge in [0.05, 0.1) is 11.0 Å². The molecule has 88 heavy (non-hydrogen) atoms. The van der Waals surface area contributed by atoms with Gasteiger partial charge in [0.2, 0.25) is 0 Å². The van der Waals surface area contributed by atoms with Crippen molar-refractivity contribution in [3.05, 3.63) is 365 Å². The predicted octanol–water partition coefficient (Wildman–Crippen LogP) is 23.8. The summed E-state index contributed by atoms with van der Waals surface area (Å²) < 4.78 is 2.29. The van der Waals surface area contributed by atoms with Gasteiger partial charge in [0.25, 0.3) is 0 Å². The first-order valence-electron chi connectivity index (χ1n) is 29.9. The van der Waals surface area contributed by atoms with Crippen LogP contribution in [0.2, 0.25) is 0 Å². The van der Waals surface area contributed by atoms with Crippen molar-refractivity contribution in [1.82, 2.24) is 4.57 Å².